The van der Waals surface area contributed by atoms with Crippen molar-refractivity contribution < 1.29 is 102 Å². The van der Waals surface area contributed by atoms with Crippen molar-refractivity contribution in [3.05, 3.63) is 194 Å². The van der Waals surface area contributed by atoms with E-state index in [2.05, 4.69) is 25.1 Å². The number of fused-ring (bicyclic) bond motifs is 1. The highest BCUT2D eigenvalue weighted by atomic mass is 19.2. The van der Waals surface area contributed by atoms with Gasteiger partial charge in [-0.3, -0.25) is 0 Å². The molecule has 24 heteroatoms. The maximum absolute atomic E-state index is 15.4. The number of hydrogen-bond donors (Lipinski definition) is 0. The van der Waals surface area contributed by atoms with Crippen molar-refractivity contribution in [2.45, 2.75) is 52.0 Å². The van der Waals surface area contributed by atoms with Crippen LogP contribution in [0.3, 0.4) is 0 Å². The van der Waals surface area contributed by atoms with Crippen molar-refractivity contribution in [1.82, 2.24) is 0 Å². The second kappa shape index (κ2) is 22.3. The highest BCUT2D eigenvalue weighted by Gasteiger charge is 2.52. The molecule has 0 atom stereocenters. The first-order valence-corrected chi connectivity index (χ1v) is 21.4. The van der Waals surface area contributed by atoms with Crippen LogP contribution in [0.25, 0.3) is 10.8 Å². The Hall–Kier alpha value is -7.14. The topological polar surface area (TPSA) is 30.2 Å². The average Bonchev–Trinajstić information content (AvgIpc) is 3.38. The third-order valence-electron chi connectivity index (χ3n) is 11.8. The first-order chi connectivity index (χ1) is 34.5. The number of esters is 1. The van der Waals surface area contributed by atoms with E-state index >= 15 is 35.1 Å². The number of halogens is 20. The van der Waals surface area contributed by atoms with E-state index in [-0.39, 0.29) is 5.97 Å². The Kier molecular flexibility index (Phi) is 16.9. The summed E-state index contributed by atoms with van der Waals surface area (Å²) in [6.07, 6.45) is 1.83. The Morgan fingerprint density at radius 1 is 0.411 bits per heavy atom. The van der Waals surface area contributed by atoms with E-state index in [1.807, 2.05) is 53.2 Å². The minimum absolute atomic E-state index is 0.235. The number of carbonyl (C=O) groups is 1. The van der Waals surface area contributed by atoms with Gasteiger partial charge in [0, 0.05) is 11.6 Å². The number of benzene rings is 6. The third-order valence-corrected chi connectivity index (χ3v) is 11.8. The quantitative estimate of drug-likeness (QED) is 0.0207. The number of rotatable bonds is 14. The van der Waals surface area contributed by atoms with Crippen molar-refractivity contribution in [3.63, 3.8) is 0 Å². The van der Waals surface area contributed by atoms with Gasteiger partial charge in [0.25, 0.3) is 5.69 Å². The van der Waals surface area contributed by atoms with Gasteiger partial charge in [0.05, 0.1) is 12.0 Å². The van der Waals surface area contributed by atoms with Crippen molar-refractivity contribution in [1.29, 1.82) is 0 Å². The van der Waals surface area contributed by atoms with Crippen LogP contribution >= 0.6 is 0 Å². The summed E-state index contributed by atoms with van der Waals surface area (Å²) in [5, 5.41) is 1.99. The Balaban J connectivity index is 0.000000265. The largest absolute Gasteiger partial charge is 0.458 e. The highest BCUT2D eigenvalue weighted by Crippen LogP contribution is 2.31. The smallest absolute Gasteiger partial charge is 0.404 e. The van der Waals surface area contributed by atoms with Crippen LogP contribution in [0.5, 0.6) is 0 Å². The van der Waals surface area contributed by atoms with Crippen LogP contribution in [0.2, 0.25) is 0 Å². The van der Waals surface area contributed by atoms with Gasteiger partial charge in [-0.25, -0.2) is 92.6 Å². The molecule has 0 saturated heterocycles. The summed E-state index contributed by atoms with van der Waals surface area (Å²) in [5.74, 6) is -71.6. The molecule has 0 unspecified atom stereocenters. The van der Waals surface area contributed by atoms with Crippen molar-refractivity contribution in [2.75, 3.05) is 6.61 Å². The molecule has 7 rings (SSSR count). The molecule has 0 saturated carbocycles. The van der Waals surface area contributed by atoms with E-state index in [9.17, 15) is 57.5 Å². The minimum atomic E-state index is -7.22. The molecule has 0 radical (unpaired) electrons. The molecule has 1 heterocycles. The van der Waals surface area contributed by atoms with E-state index in [0.29, 0.717) is 18.8 Å². The lowest BCUT2D eigenvalue weighted by Gasteiger charge is -2.44. The minimum Gasteiger partial charge on any atom is -0.458 e. The lowest BCUT2D eigenvalue weighted by molar-refractivity contribution is -0.689. The molecule has 1 aromatic heterocycles. The summed E-state index contributed by atoms with van der Waals surface area (Å²) >= 11 is 0. The Labute approximate surface area is 399 Å². The number of aromatic nitrogens is 1. The predicted molar refractivity (Wildman–Crippen MR) is 223 cm³/mol. The van der Waals surface area contributed by atoms with E-state index in [4.69, 9.17) is 4.74 Å². The van der Waals surface area contributed by atoms with Crippen LogP contribution in [0, 0.1) is 116 Å². The Morgan fingerprint density at radius 2 is 0.740 bits per heavy atom. The average molecular weight is 1060 g/mol. The number of nitrogens with zero attached hydrogens (tertiary/aromatic N) is 1. The molecule has 7 aromatic rings. The van der Waals surface area contributed by atoms with Crippen molar-refractivity contribution in [2.24, 2.45) is 0 Å². The molecule has 0 amide bonds. The summed E-state index contributed by atoms with van der Waals surface area (Å²) in [6.45, 7) is 3.35. The molecule has 0 aliphatic carbocycles. The maximum atomic E-state index is 15.4. The number of unbranched alkanes of at least 4 members (excludes halogenated alkanes) is 5. The summed E-state index contributed by atoms with van der Waals surface area (Å²) in [5.41, 5.74) is -12.5. The van der Waals surface area contributed by atoms with Gasteiger partial charge in [0.1, 0.15) is 52.7 Å². The predicted octanol–water partition coefficient (Wildman–Crippen LogP) is 11.5. The zero-order valence-electron chi connectivity index (χ0n) is 36.9. The normalized spacial score (nSPS) is 11.6. The number of ether oxygens (including phenoxy) is 1. The lowest BCUT2D eigenvalue weighted by Crippen LogP contribution is -2.81. The molecule has 3 nitrogen and oxygen atoms in total. The monoisotopic (exact) mass is 1060 g/mol. The summed E-state index contributed by atoms with van der Waals surface area (Å²) in [7, 11) is 0. The Bertz CT molecular complexity index is 2880. The molecule has 0 fully saturated rings. The van der Waals surface area contributed by atoms with Gasteiger partial charge < -0.3 is 4.74 Å². The zero-order chi connectivity index (χ0) is 54.0. The summed E-state index contributed by atoms with van der Waals surface area (Å²) in [4.78, 5) is 13.0. The van der Waals surface area contributed by atoms with Crippen LogP contribution in [-0.2, 0) is 11.3 Å². The Morgan fingerprint density at radius 3 is 1.12 bits per heavy atom. The standard InChI is InChI=1S/C25H30NO2.C24BF20/c1-2-3-4-5-6-12-19-28-25(27)24-23-16-11-10-15-22(23)17-18-26(24)20-21-13-8-7-9-14-21;26-5-1(6(27)14(35)21(42)13(5)34)25(2-7(28)15(36)22(43)16(37)8(2)29,3-9(30)17(38)23(44)18(39)10(3)31)4-11(32)19(40)24(45)20(41)12(4)33/h7-11,13-18H,2-6,12,19-20H2,1H3;/q+1;-1. The van der Waals surface area contributed by atoms with Crippen LogP contribution in [-0.4, -0.2) is 18.7 Å². The molecule has 73 heavy (non-hydrogen) atoms. The number of hydrogen-bond acceptors (Lipinski definition) is 2. The zero-order valence-corrected chi connectivity index (χ0v) is 36.9. The summed E-state index contributed by atoms with van der Waals surface area (Å²) < 4.78 is 302. The second-order valence-corrected chi connectivity index (χ2v) is 16.1. The van der Waals surface area contributed by atoms with Gasteiger partial charge in [-0.2, -0.15) is 4.57 Å². The molecule has 0 aliphatic heterocycles. The molecule has 0 N–H and O–H groups in total. The van der Waals surface area contributed by atoms with Crippen molar-refractivity contribution >= 4 is 44.7 Å². The molecule has 0 spiro atoms. The fourth-order valence-electron chi connectivity index (χ4n) is 8.39. The SMILES string of the molecule is CCCCCCCCOC(=O)c1c2ccccc2cc[n+]1Cc1ccccc1.Fc1c(F)c(F)c([B-](c2c(F)c(F)c(F)c(F)c2F)(c2c(F)c(F)c(F)c(F)c2F)c2c(F)c(F)c(F)c(F)c2F)c(F)c1F. The molecule has 6 aromatic carbocycles. The lowest BCUT2D eigenvalue weighted by atomic mass is 9.12. The second-order valence-electron chi connectivity index (χ2n) is 16.1. The van der Waals surface area contributed by atoms with E-state index in [1.165, 1.54) is 25.7 Å². The molecule has 0 aliphatic rings. The van der Waals surface area contributed by atoms with E-state index in [1.54, 1.807) is 0 Å². The highest BCUT2D eigenvalue weighted by molar-refractivity contribution is 7.20. The molecule has 0 bridgehead atoms. The van der Waals surface area contributed by atoms with Crippen LogP contribution in [0.15, 0.2) is 66.9 Å². The summed E-state index contributed by atoms with van der Waals surface area (Å²) in [6, 6.07) is 20.3. The first kappa shape index (κ1) is 55.2. The molecule has 386 valence electrons. The molecular weight excluding hydrogens is 1030 g/mol. The van der Waals surface area contributed by atoms with E-state index < -0.39 is 144 Å². The molecular formula is C49H30BF20NO2. The van der Waals surface area contributed by atoms with Gasteiger partial charge in [-0.15, -0.1) is 21.9 Å². The van der Waals surface area contributed by atoms with Crippen LogP contribution in [0.1, 0.15) is 61.5 Å². The first-order valence-electron chi connectivity index (χ1n) is 21.4. The number of pyridine rings is 1. The van der Waals surface area contributed by atoms with Crippen LogP contribution in [0.4, 0.5) is 87.8 Å². The van der Waals surface area contributed by atoms with Gasteiger partial charge in [0.2, 0.25) is 0 Å². The van der Waals surface area contributed by atoms with Gasteiger partial charge in [-0.1, -0.05) is 87.6 Å². The van der Waals surface area contributed by atoms with Crippen LogP contribution < -0.4 is 26.4 Å². The van der Waals surface area contributed by atoms with Crippen molar-refractivity contribution in [3.8, 4) is 0 Å². The fourth-order valence-corrected chi connectivity index (χ4v) is 8.39. The fraction of sp³-hybridized carbons (Fsp3) is 0.184. The van der Waals surface area contributed by atoms with E-state index in [0.717, 1.165) is 29.2 Å². The van der Waals surface area contributed by atoms with Gasteiger partial charge >= 0.3 is 5.97 Å². The number of carbonyl (C=O) groups excluding carboxylic acids is 1. The third kappa shape index (κ3) is 9.78. The maximum Gasteiger partial charge on any atom is 0.404 e. The van der Waals surface area contributed by atoms with Gasteiger partial charge in [-0.05, 0) is 17.9 Å². The van der Waals surface area contributed by atoms with Gasteiger partial charge in [0.15, 0.2) is 82.5 Å².